The molecule has 0 bridgehead atoms. The van der Waals surface area contributed by atoms with Gasteiger partial charge < -0.3 is 20.1 Å². The molecule has 1 aromatic rings. The molecule has 5 nitrogen and oxygen atoms in total. The average Bonchev–Trinajstić information content (AvgIpc) is 3.08. The monoisotopic (exact) mass is 304 g/mol. The molecule has 0 aliphatic carbocycles. The molecule has 2 unspecified atom stereocenters. The van der Waals surface area contributed by atoms with Gasteiger partial charge in [-0.05, 0) is 37.5 Å². The van der Waals surface area contributed by atoms with Gasteiger partial charge >= 0.3 is 0 Å². The number of hydrogen-bond acceptors (Lipinski definition) is 5. The normalized spacial score (nSPS) is 21.6. The molecule has 3 rings (SSSR count). The first-order chi connectivity index (χ1) is 10.8. The molecule has 5 heteroatoms. The highest BCUT2D eigenvalue weighted by Crippen LogP contribution is 2.28. The fourth-order valence-corrected chi connectivity index (χ4v) is 3.00. The van der Waals surface area contributed by atoms with Crippen molar-refractivity contribution < 1.29 is 14.3 Å². The smallest absolute Gasteiger partial charge is 0.179 e. The number of nitrogens with one attached hydrogen (secondary N) is 2. The van der Waals surface area contributed by atoms with E-state index in [4.69, 9.17) is 9.47 Å². The minimum atomic E-state index is -0.160. The van der Waals surface area contributed by atoms with Gasteiger partial charge in [0.2, 0.25) is 0 Å². The molecule has 2 atom stereocenters. The first kappa shape index (κ1) is 15.3. The lowest BCUT2D eigenvalue weighted by Gasteiger charge is -2.21. The van der Waals surface area contributed by atoms with Gasteiger partial charge in [-0.3, -0.25) is 4.79 Å². The van der Waals surface area contributed by atoms with Crippen molar-refractivity contribution in [3.05, 3.63) is 23.8 Å². The second kappa shape index (κ2) is 7.11. The molecule has 0 spiro atoms. The topological polar surface area (TPSA) is 59.6 Å². The Balaban J connectivity index is 1.65. The second-order valence-electron chi connectivity index (χ2n) is 5.85. The summed E-state index contributed by atoms with van der Waals surface area (Å²) in [5, 5.41) is 6.64. The number of hydrogen-bond donors (Lipinski definition) is 2. The van der Waals surface area contributed by atoms with Crippen LogP contribution in [0, 0.1) is 0 Å². The zero-order chi connectivity index (χ0) is 15.4. The van der Waals surface area contributed by atoms with E-state index in [-0.39, 0.29) is 17.9 Å². The van der Waals surface area contributed by atoms with Gasteiger partial charge in [0.25, 0.3) is 0 Å². The standard InChI is InChI=1S/C17H24N2O3/c1-2-14(19-11-13-4-3-8-21-13)17(20)12-5-6-16-15(10-12)18-7-9-22-16/h5-6,10,13-14,18-19H,2-4,7-9,11H2,1H3. The third kappa shape index (κ3) is 3.42. The summed E-state index contributed by atoms with van der Waals surface area (Å²) in [5.41, 5.74) is 1.63. The van der Waals surface area contributed by atoms with Crippen molar-refractivity contribution in [1.29, 1.82) is 0 Å². The van der Waals surface area contributed by atoms with Crippen molar-refractivity contribution in [2.75, 3.05) is 31.6 Å². The molecular formula is C17H24N2O3. The Hall–Kier alpha value is -1.59. The zero-order valence-electron chi connectivity index (χ0n) is 13.1. The summed E-state index contributed by atoms with van der Waals surface area (Å²) in [6, 6.07) is 5.46. The summed E-state index contributed by atoms with van der Waals surface area (Å²) >= 11 is 0. The van der Waals surface area contributed by atoms with Crippen LogP contribution >= 0.6 is 0 Å². The van der Waals surface area contributed by atoms with Crippen LogP contribution in [0.15, 0.2) is 18.2 Å². The molecule has 2 N–H and O–H groups in total. The van der Waals surface area contributed by atoms with Gasteiger partial charge in [-0.1, -0.05) is 6.92 Å². The molecule has 0 amide bonds. The maximum atomic E-state index is 12.7. The molecule has 1 fully saturated rings. The SMILES string of the molecule is CCC(NCC1CCCO1)C(=O)c1ccc2c(c1)NCCO2. The van der Waals surface area contributed by atoms with Crippen LogP contribution in [0.3, 0.4) is 0 Å². The highest BCUT2D eigenvalue weighted by molar-refractivity contribution is 6.01. The van der Waals surface area contributed by atoms with Gasteiger partial charge in [0, 0.05) is 25.3 Å². The van der Waals surface area contributed by atoms with E-state index >= 15 is 0 Å². The van der Waals surface area contributed by atoms with Gasteiger partial charge in [-0.25, -0.2) is 0 Å². The summed E-state index contributed by atoms with van der Waals surface area (Å²) in [7, 11) is 0. The number of fused-ring (bicyclic) bond motifs is 1. The number of ether oxygens (including phenoxy) is 2. The molecular weight excluding hydrogens is 280 g/mol. The van der Waals surface area contributed by atoms with E-state index in [1.54, 1.807) is 0 Å². The fourth-order valence-electron chi connectivity index (χ4n) is 3.00. The van der Waals surface area contributed by atoms with Crippen molar-refractivity contribution in [3.8, 4) is 5.75 Å². The largest absolute Gasteiger partial charge is 0.490 e. The van der Waals surface area contributed by atoms with Gasteiger partial charge in [0.1, 0.15) is 12.4 Å². The Kier molecular flexibility index (Phi) is 4.95. The van der Waals surface area contributed by atoms with E-state index in [0.29, 0.717) is 6.61 Å². The minimum Gasteiger partial charge on any atom is -0.490 e. The molecule has 120 valence electrons. The first-order valence-corrected chi connectivity index (χ1v) is 8.18. The molecule has 0 radical (unpaired) electrons. The fraction of sp³-hybridized carbons (Fsp3) is 0.588. The Morgan fingerprint density at radius 2 is 2.36 bits per heavy atom. The average molecular weight is 304 g/mol. The van der Waals surface area contributed by atoms with Gasteiger partial charge in [-0.2, -0.15) is 0 Å². The highest BCUT2D eigenvalue weighted by Gasteiger charge is 2.22. The quantitative estimate of drug-likeness (QED) is 0.789. The number of rotatable bonds is 6. The second-order valence-corrected chi connectivity index (χ2v) is 5.85. The Morgan fingerprint density at radius 1 is 1.45 bits per heavy atom. The van der Waals surface area contributed by atoms with E-state index in [0.717, 1.165) is 56.0 Å². The number of ketones is 1. The van der Waals surface area contributed by atoms with Crippen molar-refractivity contribution in [2.45, 2.75) is 38.3 Å². The van der Waals surface area contributed by atoms with Crippen LogP contribution in [-0.2, 0) is 4.74 Å². The van der Waals surface area contributed by atoms with Crippen LogP contribution in [-0.4, -0.2) is 44.2 Å². The Bertz CT molecular complexity index is 527. The number of carbonyl (C=O) groups is 1. The van der Waals surface area contributed by atoms with Crippen molar-refractivity contribution in [2.24, 2.45) is 0 Å². The Morgan fingerprint density at radius 3 is 3.14 bits per heavy atom. The van der Waals surface area contributed by atoms with Crippen LogP contribution in [0.1, 0.15) is 36.5 Å². The molecule has 1 aromatic carbocycles. The summed E-state index contributed by atoms with van der Waals surface area (Å²) in [4.78, 5) is 12.7. The Labute approximate surface area is 131 Å². The van der Waals surface area contributed by atoms with Gasteiger partial charge in [0.05, 0.1) is 17.8 Å². The lowest BCUT2D eigenvalue weighted by Crippen LogP contribution is -2.40. The van der Waals surface area contributed by atoms with Crippen molar-refractivity contribution in [3.63, 3.8) is 0 Å². The zero-order valence-corrected chi connectivity index (χ0v) is 13.1. The van der Waals surface area contributed by atoms with E-state index in [2.05, 4.69) is 10.6 Å². The predicted molar refractivity (Wildman–Crippen MR) is 85.8 cm³/mol. The molecule has 2 aliphatic rings. The van der Waals surface area contributed by atoms with E-state index in [1.165, 1.54) is 0 Å². The van der Waals surface area contributed by atoms with Gasteiger partial charge in [-0.15, -0.1) is 0 Å². The summed E-state index contributed by atoms with van der Waals surface area (Å²) < 4.78 is 11.2. The van der Waals surface area contributed by atoms with Crippen LogP contribution in [0.25, 0.3) is 0 Å². The van der Waals surface area contributed by atoms with Crippen molar-refractivity contribution >= 4 is 11.5 Å². The highest BCUT2D eigenvalue weighted by atomic mass is 16.5. The van der Waals surface area contributed by atoms with Crippen molar-refractivity contribution in [1.82, 2.24) is 5.32 Å². The van der Waals surface area contributed by atoms with E-state index in [9.17, 15) is 4.79 Å². The third-order valence-electron chi connectivity index (χ3n) is 4.28. The van der Waals surface area contributed by atoms with E-state index < -0.39 is 0 Å². The number of carbonyl (C=O) groups excluding carboxylic acids is 1. The maximum absolute atomic E-state index is 12.7. The summed E-state index contributed by atoms with van der Waals surface area (Å²) in [5.74, 6) is 0.957. The molecule has 0 saturated carbocycles. The number of Topliss-reactive ketones (excluding diaryl/α,β-unsaturated/α-hetero) is 1. The lowest BCUT2D eigenvalue weighted by atomic mass is 10.0. The molecule has 22 heavy (non-hydrogen) atoms. The van der Waals surface area contributed by atoms with Crippen LogP contribution in [0.5, 0.6) is 5.75 Å². The molecule has 1 saturated heterocycles. The maximum Gasteiger partial charge on any atom is 0.179 e. The van der Waals surface area contributed by atoms with Crippen LogP contribution < -0.4 is 15.4 Å². The summed E-state index contributed by atoms with van der Waals surface area (Å²) in [6.07, 6.45) is 3.22. The van der Waals surface area contributed by atoms with E-state index in [1.807, 2.05) is 25.1 Å². The van der Waals surface area contributed by atoms with Crippen LogP contribution in [0.4, 0.5) is 5.69 Å². The predicted octanol–water partition coefficient (Wildman–Crippen LogP) is 2.22. The first-order valence-electron chi connectivity index (χ1n) is 8.18. The summed E-state index contributed by atoms with van der Waals surface area (Å²) in [6.45, 7) is 5.06. The van der Waals surface area contributed by atoms with Gasteiger partial charge in [0.15, 0.2) is 5.78 Å². The molecule has 2 aliphatic heterocycles. The third-order valence-corrected chi connectivity index (χ3v) is 4.28. The van der Waals surface area contributed by atoms with Crippen LogP contribution in [0.2, 0.25) is 0 Å². The lowest BCUT2D eigenvalue weighted by molar-refractivity contribution is 0.0889. The minimum absolute atomic E-state index is 0.135. The molecule has 2 heterocycles. The molecule has 0 aromatic heterocycles. The number of anilines is 1. The number of benzene rings is 1.